The second-order valence-electron chi connectivity index (χ2n) is 3.28. The number of carboxylic acid groups (broad SMARTS) is 1. The molecular weight excluding hydrogens is 305 g/mol. The predicted molar refractivity (Wildman–Crippen MR) is 73.3 cm³/mol. The number of hydrogen-bond acceptors (Lipinski definition) is 2. The van der Waals surface area contributed by atoms with Crippen LogP contribution in [0.15, 0.2) is 24.9 Å². The molecule has 0 amide bonds. The Balaban J connectivity index is 0. The van der Waals surface area contributed by atoms with Crippen molar-refractivity contribution >= 4 is 28.6 Å². The number of allylic oxidation sites excluding steroid dienone is 2. The molecule has 1 atom stereocenters. The van der Waals surface area contributed by atoms with Crippen LogP contribution in [0.1, 0.15) is 20.3 Å². The van der Waals surface area contributed by atoms with Crippen LogP contribution in [-0.2, 0) is 4.79 Å². The van der Waals surface area contributed by atoms with Gasteiger partial charge in [0, 0.05) is 0 Å². The summed E-state index contributed by atoms with van der Waals surface area (Å²) in [5, 5.41) is 11.6. The van der Waals surface area contributed by atoms with Crippen molar-refractivity contribution in [1.82, 2.24) is 5.32 Å². The monoisotopic (exact) mass is 325 g/mol. The zero-order chi connectivity index (χ0) is 12.3. The van der Waals surface area contributed by atoms with Gasteiger partial charge in [0.15, 0.2) is 0 Å². The molecule has 0 saturated heterocycles. The van der Waals surface area contributed by atoms with Crippen LogP contribution < -0.4 is 5.32 Å². The molecule has 4 heteroatoms. The molecule has 0 rings (SSSR count). The summed E-state index contributed by atoms with van der Waals surface area (Å²) in [7, 11) is 0. The summed E-state index contributed by atoms with van der Waals surface area (Å²) in [5.74, 6) is -0.451. The van der Waals surface area contributed by atoms with Gasteiger partial charge in [-0.1, -0.05) is 49.1 Å². The van der Waals surface area contributed by atoms with Gasteiger partial charge in [0.05, 0.1) is 0 Å². The van der Waals surface area contributed by atoms with Crippen molar-refractivity contribution in [2.75, 3.05) is 4.93 Å². The maximum atomic E-state index is 10.7. The highest BCUT2D eigenvalue weighted by Gasteiger charge is 2.16. The van der Waals surface area contributed by atoms with Crippen molar-refractivity contribution in [2.24, 2.45) is 5.92 Å². The van der Waals surface area contributed by atoms with E-state index in [1.165, 1.54) is 0 Å². The molecule has 1 unspecified atom stereocenters. The van der Waals surface area contributed by atoms with Crippen LogP contribution in [0, 0.1) is 5.92 Å². The van der Waals surface area contributed by atoms with Gasteiger partial charge in [0.25, 0.3) is 0 Å². The minimum absolute atomic E-state index is 0.366. The van der Waals surface area contributed by atoms with Crippen molar-refractivity contribution in [3.8, 4) is 0 Å². The van der Waals surface area contributed by atoms with Gasteiger partial charge in [0.2, 0.25) is 0 Å². The molecule has 88 valence electrons. The van der Waals surface area contributed by atoms with Crippen molar-refractivity contribution in [3.05, 3.63) is 24.9 Å². The van der Waals surface area contributed by atoms with E-state index in [9.17, 15) is 4.79 Å². The van der Waals surface area contributed by atoms with Gasteiger partial charge in [-0.15, -0.1) is 0 Å². The zero-order valence-electron chi connectivity index (χ0n) is 9.53. The zero-order valence-corrected chi connectivity index (χ0v) is 11.7. The summed E-state index contributed by atoms with van der Waals surface area (Å²) in [6.45, 7) is 7.48. The Labute approximate surface area is 106 Å². The molecule has 3 nitrogen and oxygen atoms in total. The van der Waals surface area contributed by atoms with Gasteiger partial charge in [0.1, 0.15) is 6.04 Å². The summed E-state index contributed by atoms with van der Waals surface area (Å²) < 4.78 is 0. The van der Waals surface area contributed by atoms with E-state index in [2.05, 4.69) is 34.5 Å². The van der Waals surface area contributed by atoms with E-state index in [-0.39, 0.29) is 0 Å². The fourth-order valence-electron chi connectivity index (χ4n) is 0.951. The fraction of sp³-hybridized carbons (Fsp3) is 0.545. The molecule has 0 aromatic heterocycles. The highest BCUT2D eigenvalue weighted by atomic mass is 127. The van der Waals surface area contributed by atoms with Crippen LogP contribution in [0.25, 0.3) is 0 Å². The molecule has 0 bridgehead atoms. The molecule has 0 aliphatic heterocycles. The van der Waals surface area contributed by atoms with Crippen molar-refractivity contribution in [1.29, 1.82) is 0 Å². The largest absolute Gasteiger partial charge is 0.480 e. The molecule has 2 N–H and O–H groups in total. The summed E-state index contributed by atoms with van der Waals surface area (Å²) >= 11 is 2.15. The first kappa shape index (κ1) is 16.9. The number of alkyl halides is 1. The average Bonchev–Trinajstić information content (AvgIpc) is 2.19. The van der Waals surface area contributed by atoms with Crippen LogP contribution in [0.3, 0.4) is 0 Å². The Morgan fingerprint density at radius 2 is 2.07 bits per heavy atom. The number of hydrogen-bond donors (Lipinski definition) is 2. The second kappa shape index (κ2) is 11.6. The number of halogens is 1. The molecule has 0 aliphatic carbocycles. The molecule has 0 radical (unpaired) electrons. The van der Waals surface area contributed by atoms with Crippen LogP contribution in [0.4, 0.5) is 0 Å². The number of carboxylic acids is 1. The molecule has 0 aromatic carbocycles. The SMILES string of the molecule is C=C/C=C\NC(CC(C)C)C(=O)O.CI. The molecule has 0 saturated carbocycles. The lowest BCUT2D eigenvalue weighted by Crippen LogP contribution is -2.34. The van der Waals surface area contributed by atoms with Crippen LogP contribution in [0.5, 0.6) is 0 Å². The van der Waals surface area contributed by atoms with E-state index in [1.54, 1.807) is 18.4 Å². The molecule has 15 heavy (non-hydrogen) atoms. The minimum Gasteiger partial charge on any atom is -0.480 e. The van der Waals surface area contributed by atoms with E-state index < -0.39 is 12.0 Å². The van der Waals surface area contributed by atoms with Gasteiger partial charge < -0.3 is 10.4 Å². The third-order valence-electron chi connectivity index (χ3n) is 1.53. The lowest BCUT2D eigenvalue weighted by Gasteiger charge is -2.14. The number of nitrogens with one attached hydrogen (secondary N) is 1. The Bertz CT molecular complexity index is 203. The van der Waals surface area contributed by atoms with E-state index in [1.807, 2.05) is 18.8 Å². The number of rotatable bonds is 6. The highest BCUT2D eigenvalue weighted by molar-refractivity contribution is 14.1. The maximum absolute atomic E-state index is 10.7. The topological polar surface area (TPSA) is 49.3 Å². The molecular formula is C11H20INO2. The third-order valence-corrected chi connectivity index (χ3v) is 1.53. The average molecular weight is 325 g/mol. The summed E-state index contributed by atoms with van der Waals surface area (Å²) in [4.78, 5) is 12.7. The first-order valence-corrected chi connectivity index (χ1v) is 6.88. The van der Waals surface area contributed by atoms with E-state index in [0.29, 0.717) is 12.3 Å². The van der Waals surface area contributed by atoms with Crippen molar-refractivity contribution < 1.29 is 9.90 Å². The summed E-state index contributed by atoms with van der Waals surface area (Å²) in [6, 6.07) is -0.504. The van der Waals surface area contributed by atoms with Gasteiger partial charge in [-0.3, -0.25) is 0 Å². The molecule has 0 fully saturated rings. The minimum atomic E-state index is -0.817. The van der Waals surface area contributed by atoms with Crippen molar-refractivity contribution in [3.63, 3.8) is 0 Å². The van der Waals surface area contributed by atoms with Crippen LogP contribution >= 0.6 is 22.6 Å². The molecule has 0 spiro atoms. The fourth-order valence-corrected chi connectivity index (χ4v) is 0.951. The van der Waals surface area contributed by atoms with E-state index in [0.717, 1.165) is 0 Å². The van der Waals surface area contributed by atoms with Crippen LogP contribution in [0.2, 0.25) is 0 Å². The van der Waals surface area contributed by atoms with Gasteiger partial charge in [-0.25, -0.2) is 4.79 Å². The van der Waals surface area contributed by atoms with Gasteiger partial charge in [-0.05, 0) is 29.5 Å². The Hall–Kier alpha value is -0.520. The first-order valence-electron chi connectivity index (χ1n) is 4.72. The molecule has 0 aliphatic rings. The lowest BCUT2D eigenvalue weighted by atomic mass is 10.0. The number of carbonyl (C=O) groups is 1. The quantitative estimate of drug-likeness (QED) is 0.448. The van der Waals surface area contributed by atoms with E-state index >= 15 is 0 Å². The highest BCUT2D eigenvalue weighted by Crippen LogP contribution is 2.04. The Morgan fingerprint density at radius 3 is 2.40 bits per heavy atom. The third kappa shape index (κ3) is 11.4. The molecule has 0 aromatic rings. The summed E-state index contributed by atoms with van der Waals surface area (Å²) in [6.07, 6.45) is 5.50. The van der Waals surface area contributed by atoms with E-state index in [4.69, 9.17) is 5.11 Å². The Kier molecular flexibility index (Phi) is 13.0. The normalized spacial score (nSPS) is 11.8. The van der Waals surface area contributed by atoms with Gasteiger partial charge >= 0.3 is 5.97 Å². The van der Waals surface area contributed by atoms with Crippen molar-refractivity contribution in [2.45, 2.75) is 26.3 Å². The molecule has 0 heterocycles. The maximum Gasteiger partial charge on any atom is 0.326 e. The standard InChI is InChI=1S/C10H17NO2.CH3I/c1-4-5-6-11-9(10(12)13)7-8(2)3;1-2/h4-6,8-9,11H,1,7H2,2-3H3,(H,12,13);1H3/b6-5-;. The smallest absolute Gasteiger partial charge is 0.326 e. The summed E-state index contributed by atoms with van der Waals surface area (Å²) in [5.41, 5.74) is 0. The number of aliphatic carboxylic acids is 1. The first-order chi connectivity index (χ1) is 7.07. The lowest BCUT2D eigenvalue weighted by molar-refractivity contribution is -0.139. The van der Waals surface area contributed by atoms with Crippen LogP contribution in [-0.4, -0.2) is 22.0 Å². The van der Waals surface area contributed by atoms with Gasteiger partial charge in [-0.2, -0.15) is 0 Å². The second-order valence-corrected chi connectivity index (χ2v) is 3.28. The Morgan fingerprint density at radius 1 is 1.53 bits per heavy atom. The predicted octanol–water partition coefficient (Wildman–Crippen LogP) is 2.83.